The molecule has 5 nitrogen and oxygen atoms in total. The largest absolute Gasteiger partial charge is 0.349 e. The molecule has 0 fully saturated rings. The van der Waals surface area contributed by atoms with Crippen molar-refractivity contribution in [2.75, 3.05) is 6.54 Å². The first-order valence-electron chi connectivity index (χ1n) is 8.26. The van der Waals surface area contributed by atoms with Crippen molar-refractivity contribution in [1.29, 1.82) is 0 Å². The molecule has 0 unspecified atom stereocenters. The second kappa shape index (κ2) is 7.13. The highest BCUT2D eigenvalue weighted by molar-refractivity contribution is 7.17. The molecule has 132 valence electrons. The molecule has 0 spiro atoms. The fourth-order valence-electron chi connectivity index (χ4n) is 2.96. The zero-order chi connectivity index (χ0) is 17.9. The highest BCUT2D eigenvalue weighted by Gasteiger charge is 2.16. The quantitative estimate of drug-likeness (QED) is 0.566. The molecule has 0 saturated carbocycles. The van der Waals surface area contributed by atoms with Gasteiger partial charge in [0, 0.05) is 32.0 Å². The number of fused-ring (bicyclic) bond motifs is 1. The molecule has 26 heavy (non-hydrogen) atoms. The monoisotopic (exact) mass is 368 g/mol. The van der Waals surface area contributed by atoms with Gasteiger partial charge in [-0.1, -0.05) is 12.1 Å². The van der Waals surface area contributed by atoms with Crippen LogP contribution in [0.25, 0.3) is 10.2 Å². The Balaban J connectivity index is 1.56. The number of carbonyl (C=O) groups is 1. The molecule has 1 aromatic carbocycles. The van der Waals surface area contributed by atoms with E-state index in [1.165, 1.54) is 12.1 Å². The van der Waals surface area contributed by atoms with E-state index in [4.69, 9.17) is 0 Å². The Morgan fingerprint density at radius 3 is 3.00 bits per heavy atom. The van der Waals surface area contributed by atoms with Crippen LogP contribution in [0.15, 0.2) is 60.5 Å². The molecule has 3 heterocycles. The van der Waals surface area contributed by atoms with E-state index in [0.29, 0.717) is 25.3 Å². The van der Waals surface area contributed by atoms with Gasteiger partial charge >= 0.3 is 0 Å². The lowest BCUT2D eigenvalue weighted by atomic mass is 10.2. The number of amides is 1. The van der Waals surface area contributed by atoms with Crippen LogP contribution in [0.4, 0.5) is 4.39 Å². The Morgan fingerprint density at radius 1 is 1.27 bits per heavy atom. The zero-order valence-electron chi connectivity index (χ0n) is 13.9. The maximum absolute atomic E-state index is 13.5. The maximum atomic E-state index is 13.5. The number of benzene rings is 1. The third-order valence-corrected chi connectivity index (χ3v) is 5.05. The smallest absolute Gasteiger partial charge is 0.268 e. The lowest BCUT2D eigenvalue weighted by Crippen LogP contribution is -2.29. The van der Waals surface area contributed by atoms with Crippen LogP contribution in [-0.4, -0.2) is 26.6 Å². The minimum atomic E-state index is -0.275. The first kappa shape index (κ1) is 16.5. The van der Waals surface area contributed by atoms with Crippen LogP contribution in [0.3, 0.4) is 0 Å². The number of hydrogen-bond donors (Lipinski definition) is 1. The summed E-state index contributed by atoms with van der Waals surface area (Å²) in [5.74, 6) is -0.410. The molecule has 0 aliphatic heterocycles. The first-order chi connectivity index (χ1) is 12.7. The van der Waals surface area contributed by atoms with Crippen molar-refractivity contribution < 1.29 is 9.18 Å². The van der Waals surface area contributed by atoms with Crippen LogP contribution < -0.4 is 5.32 Å². The summed E-state index contributed by atoms with van der Waals surface area (Å²) in [5, 5.41) is 4.94. The summed E-state index contributed by atoms with van der Waals surface area (Å²) < 4.78 is 18.4. The van der Waals surface area contributed by atoms with Gasteiger partial charge in [-0.15, -0.1) is 11.3 Å². The molecule has 4 rings (SSSR count). The van der Waals surface area contributed by atoms with E-state index in [2.05, 4.69) is 10.3 Å². The molecular formula is C19H17FN4OS. The molecule has 4 aromatic rings. The number of halogens is 1. The number of nitrogens with zero attached hydrogens (tertiary/aromatic N) is 3. The van der Waals surface area contributed by atoms with E-state index < -0.39 is 0 Å². The van der Waals surface area contributed by atoms with E-state index in [0.717, 1.165) is 15.8 Å². The SMILES string of the molecule is O=C(NCCn1ccnc1)c1cc2sccc2n1Cc1cccc(F)c1. The normalized spacial score (nSPS) is 11.1. The molecule has 7 heteroatoms. The van der Waals surface area contributed by atoms with Gasteiger partial charge in [-0.2, -0.15) is 0 Å². The average molecular weight is 368 g/mol. The highest BCUT2D eigenvalue weighted by Crippen LogP contribution is 2.26. The summed E-state index contributed by atoms with van der Waals surface area (Å²) in [6.45, 7) is 1.61. The molecule has 1 amide bonds. The Labute approximate surface area is 153 Å². The molecule has 0 radical (unpaired) electrons. The summed E-state index contributed by atoms with van der Waals surface area (Å²) in [7, 11) is 0. The van der Waals surface area contributed by atoms with Crippen molar-refractivity contribution in [3.8, 4) is 0 Å². The third kappa shape index (κ3) is 3.39. The zero-order valence-corrected chi connectivity index (χ0v) is 14.7. The van der Waals surface area contributed by atoms with Crippen LogP contribution in [0.5, 0.6) is 0 Å². The van der Waals surface area contributed by atoms with Crippen molar-refractivity contribution in [3.05, 3.63) is 77.6 Å². The third-order valence-electron chi connectivity index (χ3n) is 4.20. The fraction of sp³-hybridized carbons (Fsp3) is 0.158. The number of rotatable bonds is 6. The lowest BCUT2D eigenvalue weighted by Gasteiger charge is -2.11. The summed E-state index contributed by atoms with van der Waals surface area (Å²) in [6, 6.07) is 10.3. The molecule has 1 N–H and O–H groups in total. The number of thiophene rings is 1. The van der Waals surface area contributed by atoms with Gasteiger partial charge in [0.1, 0.15) is 11.5 Å². The molecule has 3 aromatic heterocycles. The van der Waals surface area contributed by atoms with Gasteiger partial charge in [-0.05, 0) is 35.2 Å². The minimum absolute atomic E-state index is 0.134. The molecule has 0 atom stereocenters. The average Bonchev–Trinajstić information content (AvgIpc) is 3.34. The van der Waals surface area contributed by atoms with Gasteiger partial charge in [-0.25, -0.2) is 9.37 Å². The Kier molecular flexibility index (Phi) is 4.53. The standard InChI is InChI=1S/C19H17FN4OS/c20-15-3-1-2-14(10-15)12-24-16-4-9-26-18(16)11-17(24)19(25)22-6-8-23-7-5-21-13-23/h1-5,7,9-11,13H,6,8,12H2,(H,22,25). The van der Waals surface area contributed by atoms with Crippen LogP contribution in [0.1, 0.15) is 16.1 Å². The molecule has 0 bridgehead atoms. The molecule has 0 aliphatic rings. The first-order valence-corrected chi connectivity index (χ1v) is 9.14. The van der Waals surface area contributed by atoms with Crippen LogP contribution >= 0.6 is 11.3 Å². The minimum Gasteiger partial charge on any atom is -0.349 e. The van der Waals surface area contributed by atoms with Crippen molar-refractivity contribution >= 4 is 27.5 Å². The number of carbonyl (C=O) groups excluding carboxylic acids is 1. The van der Waals surface area contributed by atoms with Crippen LogP contribution in [0.2, 0.25) is 0 Å². The summed E-state index contributed by atoms with van der Waals surface area (Å²) in [6.07, 6.45) is 5.28. The summed E-state index contributed by atoms with van der Waals surface area (Å²) in [5.41, 5.74) is 2.39. The van der Waals surface area contributed by atoms with Crippen molar-refractivity contribution in [2.45, 2.75) is 13.1 Å². The molecule has 0 saturated heterocycles. The van der Waals surface area contributed by atoms with Crippen LogP contribution in [-0.2, 0) is 13.1 Å². The Hall–Kier alpha value is -2.93. The van der Waals surface area contributed by atoms with Crippen molar-refractivity contribution in [2.24, 2.45) is 0 Å². The van der Waals surface area contributed by atoms with Crippen LogP contribution in [0, 0.1) is 5.82 Å². The lowest BCUT2D eigenvalue weighted by molar-refractivity contribution is 0.0944. The van der Waals surface area contributed by atoms with E-state index in [-0.39, 0.29) is 11.7 Å². The van der Waals surface area contributed by atoms with E-state index in [1.807, 2.05) is 38.9 Å². The van der Waals surface area contributed by atoms with Gasteiger partial charge < -0.3 is 14.5 Å². The van der Waals surface area contributed by atoms with E-state index in [1.54, 1.807) is 29.9 Å². The van der Waals surface area contributed by atoms with Gasteiger partial charge in [0.15, 0.2) is 0 Å². The van der Waals surface area contributed by atoms with Gasteiger partial charge in [0.05, 0.1) is 16.5 Å². The van der Waals surface area contributed by atoms with Gasteiger partial charge in [-0.3, -0.25) is 4.79 Å². The summed E-state index contributed by atoms with van der Waals surface area (Å²) in [4.78, 5) is 16.7. The van der Waals surface area contributed by atoms with E-state index in [9.17, 15) is 9.18 Å². The molecule has 0 aliphatic carbocycles. The highest BCUT2D eigenvalue weighted by atomic mass is 32.1. The van der Waals surface area contributed by atoms with Gasteiger partial charge in [0.25, 0.3) is 5.91 Å². The maximum Gasteiger partial charge on any atom is 0.268 e. The second-order valence-electron chi connectivity index (χ2n) is 5.97. The van der Waals surface area contributed by atoms with Crippen molar-refractivity contribution in [3.63, 3.8) is 0 Å². The van der Waals surface area contributed by atoms with E-state index >= 15 is 0 Å². The van der Waals surface area contributed by atoms with Gasteiger partial charge in [0.2, 0.25) is 0 Å². The fourth-order valence-corrected chi connectivity index (χ4v) is 3.78. The number of hydrogen-bond acceptors (Lipinski definition) is 3. The number of nitrogens with one attached hydrogen (secondary N) is 1. The predicted molar refractivity (Wildman–Crippen MR) is 99.9 cm³/mol. The Bertz CT molecular complexity index is 1040. The number of imidazole rings is 1. The Morgan fingerprint density at radius 2 is 2.19 bits per heavy atom. The summed E-state index contributed by atoms with van der Waals surface area (Å²) >= 11 is 1.59. The topological polar surface area (TPSA) is 51.9 Å². The molecular weight excluding hydrogens is 351 g/mol. The number of aromatic nitrogens is 3. The predicted octanol–water partition coefficient (Wildman–Crippen LogP) is 3.52. The van der Waals surface area contributed by atoms with Crippen molar-refractivity contribution in [1.82, 2.24) is 19.4 Å². The second-order valence-corrected chi connectivity index (χ2v) is 6.92.